The molecule has 4 aromatic carbocycles. The van der Waals surface area contributed by atoms with Gasteiger partial charge in [-0.15, -0.1) is 0 Å². The first kappa shape index (κ1) is 29.7. The SMILES string of the molecule is N#Cc1cccc(CN2CC[C@@H](C(NS(=O)(=O)c3ccc(-c4ccccc4)cc3)C(=O)NCCc3ccccc3)C2=O)c1. The van der Waals surface area contributed by atoms with Crippen molar-refractivity contribution in [2.75, 3.05) is 13.1 Å². The second-order valence-corrected chi connectivity index (χ2v) is 12.2. The predicted octanol–water partition coefficient (Wildman–Crippen LogP) is 4.28. The largest absolute Gasteiger partial charge is 0.354 e. The van der Waals surface area contributed by atoms with Crippen molar-refractivity contribution in [1.29, 1.82) is 5.26 Å². The van der Waals surface area contributed by atoms with Gasteiger partial charge in [0, 0.05) is 19.6 Å². The van der Waals surface area contributed by atoms with Crippen LogP contribution in [0.1, 0.15) is 23.1 Å². The molecule has 0 bridgehead atoms. The lowest BCUT2D eigenvalue weighted by Gasteiger charge is -2.24. The average molecular weight is 593 g/mol. The summed E-state index contributed by atoms with van der Waals surface area (Å²) in [5.41, 5.74) is 4.11. The molecule has 9 heteroatoms. The number of rotatable bonds is 11. The molecule has 5 rings (SSSR count). The summed E-state index contributed by atoms with van der Waals surface area (Å²) < 4.78 is 29.7. The van der Waals surface area contributed by atoms with Gasteiger partial charge in [0.25, 0.3) is 0 Å². The number of amides is 2. The molecule has 1 aliphatic heterocycles. The van der Waals surface area contributed by atoms with E-state index in [0.29, 0.717) is 31.5 Å². The summed E-state index contributed by atoms with van der Waals surface area (Å²) in [5.74, 6) is -1.74. The summed E-state index contributed by atoms with van der Waals surface area (Å²) in [7, 11) is -4.14. The molecule has 0 spiro atoms. The maximum atomic E-state index is 13.6. The molecule has 1 heterocycles. The number of nitrogens with zero attached hydrogens (tertiary/aromatic N) is 2. The molecule has 2 atom stereocenters. The molecule has 4 aromatic rings. The minimum Gasteiger partial charge on any atom is -0.354 e. The molecule has 2 N–H and O–H groups in total. The van der Waals surface area contributed by atoms with Crippen LogP contribution in [0.4, 0.5) is 0 Å². The summed E-state index contributed by atoms with van der Waals surface area (Å²) in [4.78, 5) is 28.7. The first-order valence-corrected chi connectivity index (χ1v) is 15.6. The fourth-order valence-corrected chi connectivity index (χ4v) is 6.52. The van der Waals surface area contributed by atoms with Crippen LogP contribution < -0.4 is 10.0 Å². The Hall–Kier alpha value is -4.78. The van der Waals surface area contributed by atoms with Gasteiger partial charge in [0.2, 0.25) is 21.8 Å². The Labute approximate surface area is 252 Å². The van der Waals surface area contributed by atoms with Crippen LogP contribution in [0.5, 0.6) is 0 Å². The van der Waals surface area contributed by atoms with Gasteiger partial charge in [-0.05, 0) is 59.4 Å². The number of nitrogens with one attached hydrogen (secondary N) is 2. The highest BCUT2D eigenvalue weighted by molar-refractivity contribution is 7.89. The monoisotopic (exact) mass is 592 g/mol. The minimum atomic E-state index is -4.14. The van der Waals surface area contributed by atoms with E-state index in [1.54, 1.807) is 35.2 Å². The second kappa shape index (κ2) is 13.5. The third-order valence-electron chi connectivity index (χ3n) is 7.56. The van der Waals surface area contributed by atoms with Crippen LogP contribution in [0.25, 0.3) is 11.1 Å². The summed E-state index contributed by atoms with van der Waals surface area (Å²) in [6.07, 6.45) is 0.871. The lowest BCUT2D eigenvalue weighted by molar-refractivity contribution is -0.135. The standard InChI is InChI=1S/C34H32N4O4S/c35-23-26-10-7-11-27(22-26)24-38-21-19-31(34(38)40)32(33(39)36-20-18-25-8-3-1-4-9-25)37-43(41,42)30-16-14-29(15-17-30)28-12-5-2-6-13-28/h1-17,22,31-32,37H,18-21,24H2,(H,36,39)/t31-,32?/m0/s1. The summed E-state index contributed by atoms with van der Waals surface area (Å²) in [6, 6.07) is 33.5. The molecule has 1 unspecified atom stereocenters. The molecular formula is C34H32N4O4S. The van der Waals surface area contributed by atoms with E-state index < -0.39 is 27.9 Å². The number of likely N-dealkylation sites (tertiary alicyclic amines) is 1. The third kappa shape index (κ3) is 7.36. The zero-order valence-electron chi connectivity index (χ0n) is 23.5. The maximum Gasteiger partial charge on any atom is 0.241 e. The van der Waals surface area contributed by atoms with Crippen LogP contribution in [0.3, 0.4) is 0 Å². The molecule has 1 fully saturated rings. The molecule has 1 aliphatic rings. The van der Waals surface area contributed by atoms with Crippen molar-refractivity contribution in [3.63, 3.8) is 0 Å². The van der Waals surface area contributed by atoms with E-state index in [1.807, 2.05) is 66.7 Å². The predicted molar refractivity (Wildman–Crippen MR) is 164 cm³/mol. The molecule has 0 saturated carbocycles. The molecule has 2 amide bonds. The van der Waals surface area contributed by atoms with Crippen molar-refractivity contribution >= 4 is 21.8 Å². The molecule has 218 valence electrons. The van der Waals surface area contributed by atoms with E-state index in [1.165, 1.54) is 12.1 Å². The Kier molecular flexibility index (Phi) is 9.30. The van der Waals surface area contributed by atoms with Crippen molar-refractivity contribution in [2.45, 2.75) is 30.3 Å². The first-order valence-electron chi connectivity index (χ1n) is 14.1. The fraction of sp³-hybridized carbons (Fsp3) is 0.206. The van der Waals surface area contributed by atoms with Crippen LogP contribution in [0, 0.1) is 17.2 Å². The van der Waals surface area contributed by atoms with Crippen LogP contribution in [0.2, 0.25) is 0 Å². The molecule has 0 radical (unpaired) electrons. The van der Waals surface area contributed by atoms with Gasteiger partial charge >= 0.3 is 0 Å². The van der Waals surface area contributed by atoms with Gasteiger partial charge in [0.05, 0.1) is 22.4 Å². The molecule has 0 aliphatic carbocycles. The van der Waals surface area contributed by atoms with Crippen LogP contribution in [-0.2, 0) is 32.6 Å². The van der Waals surface area contributed by atoms with Gasteiger partial charge in [0.1, 0.15) is 6.04 Å². The normalized spacial score (nSPS) is 15.6. The van der Waals surface area contributed by atoms with Gasteiger partial charge < -0.3 is 10.2 Å². The number of nitriles is 1. The van der Waals surface area contributed by atoms with Crippen LogP contribution >= 0.6 is 0 Å². The first-order chi connectivity index (χ1) is 20.8. The molecule has 43 heavy (non-hydrogen) atoms. The van der Waals surface area contributed by atoms with Gasteiger partial charge in [-0.3, -0.25) is 9.59 Å². The number of sulfonamides is 1. The minimum absolute atomic E-state index is 0.00453. The van der Waals surface area contributed by atoms with Gasteiger partial charge in [-0.2, -0.15) is 9.98 Å². The lowest BCUT2D eigenvalue weighted by atomic mass is 9.98. The van der Waals surface area contributed by atoms with E-state index in [0.717, 1.165) is 22.3 Å². The van der Waals surface area contributed by atoms with Crippen molar-refractivity contribution in [3.8, 4) is 17.2 Å². The lowest BCUT2D eigenvalue weighted by Crippen LogP contribution is -2.53. The van der Waals surface area contributed by atoms with E-state index in [9.17, 15) is 23.3 Å². The van der Waals surface area contributed by atoms with Gasteiger partial charge in [-0.1, -0.05) is 84.9 Å². The van der Waals surface area contributed by atoms with E-state index in [2.05, 4.69) is 16.1 Å². The Morgan fingerprint density at radius 3 is 2.23 bits per heavy atom. The van der Waals surface area contributed by atoms with Crippen molar-refractivity contribution in [2.24, 2.45) is 5.92 Å². The van der Waals surface area contributed by atoms with Crippen molar-refractivity contribution < 1.29 is 18.0 Å². The van der Waals surface area contributed by atoms with Gasteiger partial charge in [-0.25, -0.2) is 8.42 Å². The zero-order valence-corrected chi connectivity index (χ0v) is 24.3. The summed E-state index contributed by atoms with van der Waals surface area (Å²) >= 11 is 0. The summed E-state index contributed by atoms with van der Waals surface area (Å²) in [5, 5.41) is 12.1. The number of benzene rings is 4. The van der Waals surface area contributed by atoms with Crippen LogP contribution in [0.15, 0.2) is 114 Å². The molecule has 8 nitrogen and oxygen atoms in total. The van der Waals surface area contributed by atoms with Crippen molar-refractivity contribution in [3.05, 3.63) is 126 Å². The Bertz CT molecular complexity index is 1720. The molecule has 0 aromatic heterocycles. The highest BCUT2D eigenvalue weighted by Crippen LogP contribution is 2.26. The quantitative estimate of drug-likeness (QED) is 0.270. The fourth-order valence-electron chi connectivity index (χ4n) is 5.28. The Morgan fingerprint density at radius 1 is 0.884 bits per heavy atom. The van der Waals surface area contributed by atoms with Crippen LogP contribution in [-0.4, -0.2) is 44.3 Å². The number of hydrogen-bond donors (Lipinski definition) is 2. The maximum absolute atomic E-state index is 13.6. The van der Waals surface area contributed by atoms with E-state index >= 15 is 0 Å². The molecular weight excluding hydrogens is 560 g/mol. The third-order valence-corrected chi connectivity index (χ3v) is 9.02. The smallest absolute Gasteiger partial charge is 0.241 e. The zero-order chi connectivity index (χ0) is 30.2. The van der Waals surface area contributed by atoms with E-state index in [-0.39, 0.29) is 17.3 Å². The van der Waals surface area contributed by atoms with Gasteiger partial charge in [0.15, 0.2) is 0 Å². The Balaban J connectivity index is 1.34. The molecule has 1 saturated heterocycles. The number of hydrogen-bond acceptors (Lipinski definition) is 5. The highest BCUT2D eigenvalue weighted by Gasteiger charge is 2.42. The van der Waals surface area contributed by atoms with Crippen molar-refractivity contribution in [1.82, 2.24) is 14.9 Å². The number of carbonyl (C=O) groups excluding carboxylic acids is 2. The number of carbonyl (C=O) groups is 2. The topological polar surface area (TPSA) is 119 Å². The average Bonchev–Trinajstić information content (AvgIpc) is 3.39. The Morgan fingerprint density at radius 2 is 1.53 bits per heavy atom. The second-order valence-electron chi connectivity index (χ2n) is 10.5. The highest BCUT2D eigenvalue weighted by atomic mass is 32.2. The summed E-state index contributed by atoms with van der Waals surface area (Å²) in [6.45, 7) is 0.918. The van der Waals surface area contributed by atoms with E-state index in [4.69, 9.17) is 0 Å².